The number of halogens is 1. The molecule has 0 aliphatic carbocycles. The van der Waals surface area contributed by atoms with Gasteiger partial charge in [0.1, 0.15) is 12.4 Å². The zero-order valence-corrected chi connectivity index (χ0v) is 16.4. The Labute approximate surface area is 170 Å². The Balaban J connectivity index is 1.59. The molecule has 1 atom stereocenters. The van der Waals surface area contributed by atoms with Crippen LogP contribution >= 0.6 is 11.3 Å². The normalized spacial score (nSPS) is 16.0. The molecule has 2 aromatic heterocycles. The topological polar surface area (TPSA) is 66.1 Å². The van der Waals surface area contributed by atoms with Crippen LogP contribution in [-0.4, -0.2) is 41.0 Å². The molecule has 0 N–H and O–H groups in total. The Kier molecular flexibility index (Phi) is 5.26. The van der Waals surface area contributed by atoms with Gasteiger partial charge in [0.2, 0.25) is 0 Å². The summed E-state index contributed by atoms with van der Waals surface area (Å²) < 4.78 is 19.6. The molecule has 0 radical (unpaired) electrons. The van der Waals surface area contributed by atoms with Crippen LogP contribution in [0.15, 0.2) is 69.7 Å². The number of furan rings is 1. The Morgan fingerprint density at radius 3 is 2.76 bits per heavy atom. The lowest BCUT2D eigenvalue weighted by Gasteiger charge is -2.24. The standard InChI is InChI=1S/C21H18FN3O3S/c1-24(21(27)18-8-4-10-28-18)13-20(26)25-17(14-6-2-3-7-15(14)22)12-16(23-25)19-9-5-11-29-19/h2-11,17H,12-13H2,1H3/t17-/m0/s1. The Morgan fingerprint density at radius 2 is 2.07 bits per heavy atom. The van der Waals surface area contributed by atoms with Crippen LogP contribution in [-0.2, 0) is 4.79 Å². The lowest BCUT2D eigenvalue weighted by atomic mass is 10.0. The number of hydrogen-bond donors (Lipinski definition) is 0. The van der Waals surface area contributed by atoms with Crippen molar-refractivity contribution in [3.05, 3.63) is 82.2 Å². The number of carbonyl (C=O) groups is 2. The van der Waals surface area contributed by atoms with Crippen LogP contribution in [0.25, 0.3) is 0 Å². The van der Waals surface area contributed by atoms with E-state index in [0.29, 0.717) is 12.0 Å². The number of hydrogen-bond acceptors (Lipinski definition) is 5. The first-order valence-corrected chi connectivity index (χ1v) is 9.89. The van der Waals surface area contributed by atoms with Crippen LogP contribution in [0.4, 0.5) is 4.39 Å². The largest absolute Gasteiger partial charge is 0.459 e. The highest BCUT2D eigenvalue weighted by molar-refractivity contribution is 7.12. The number of benzene rings is 1. The van der Waals surface area contributed by atoms with Gasteiger partial charge in [-0.3, -0.25) is 9.59 Å². The van der Waals surface area contributed by atoms with Crippen molar-refractivity contribution in [2.45, 2.75) is 12.5 Å². The van der Waals surface area contributed by atoms with Crippen LogP contribution < -0.4 is 0 Å². The van der Waals surface area contributed by atoms with Gasteiger partial charge >= 0.3 is 0 Å². The van der Waals surface area contributed by atoms with Crippen molar-refractivity contribution in [2.75, 3.05) is 13.6 Å². The maximum absolute atomic E-state index is 14.5. The van der Waals surface area contributed by atoms with Gasteiger partial charge in [-0.05, 0) is 29.6 Å². The summed E-state index contributed by atoms with van der Waals surface area (Å²) in [7, 11) is 1.51. The number of rotatable bonds is 5. The summed E-state index contributed by atoms with van der Waals surface area (Å²) in [5.74, 6) is -1.05. The quantitative estimate of drug-likeness (QED) is 0.639. The molecular weight excluding hydrogens is 393 g/mol. The van der Waals surface area contributed by atoms with E-state index in [4.69, 9.17) is 4.42 Å². The van der Waals surface area contributed by atoms with E-state index in [1.54, 1.807) is 24.3 Å². The molecule has 3 aromatic rings. The number of carbonyl (C=O) groups excluding carboxylic acids is 2. The second-order valence-corrected chi connectivity index (χ2v) is 7.59. The summed E-state index contributed by atoms with van der Waals surface area (Å²) in [5, 5.41) is 7.71. The third-order valence-corrected chi connectivity index (χ3v) is 5.61. The highest BCUT2D eigenvalue weighted by atomic mass is 32.1. The van der Waals surface area contributed by atoms with Gasteiger partial charge in [0, 0.05) is 19.0 Å². The first kappa shape index (κ1) is 19.1. The maximum Gasteiger partial charge on any atom is 0.289 e. The van der Waals surface area contributed by atoms with Crippen molar-refractivity contribution in [2.24, 2.45) is 5.10 Å². The van der Waals surface area contributed by atoms with Crippen LogP contribution in [0.1, 0.15) is 33.5 Å². The highest BCUT2D eigenvalue weighted by Gasteiger charge is 2.35. The first-order valence-electron chi connectivity index (χ1n) is 9.01. The minimum Gasteiger partial charge on any atom is -0.459 e. The molecule has 0 saturated heterocycles. The molecule has 1 aliphatic heterocycles. The van der Waals surface area contributed by atoms with E-state index in [0.717, 1.165) is 10.6 Å². The van der Waals surface area contributed by atoms with Gasteiger partial charge in [-0.25, -0.2) is 9.40 Å². The second kappa shape index (κ2) is 8.00. The molecule has 0 spiro atoms. The predicted molar refractivity (Wildman–Crippen MR) is 107 cm³/mol. The molecule has 148 valence electrons. The summed E-state index contributed by atoms with van der Waals surface area (Å²) in [6, 6.07) is 12.8. The average molecular weight is 411 g/mol. The minimum absolute atomic E-state index is 0.148. The predicted octanol–water partition coefficient (Wildman–Crippen LogP) is 3.93. The van der Waals surface area contributed by atoms with Crippen LogP contribution in [0.2, 0.25) is 0 Å². The lowest BCUT2D eigenvalue weighted by Crippen LogP contribution is -2.39. The Bertz CT molecular complexity index is 1050. The second-order valence-electron chi connectivity index (χ2n) is 6.64. The van der Waals surface area contributed by atoms with Gasteiger partial charge in [-0.2, -0.15) is 5.10 Å². The van der Waals surface area contributed by atoms with Gasteiger partial charge in [-0.1, -0.05) is 24.3 Å². The van der Waals surface area contributed by atoms with Gasteiger partial charge in [0.05, 0.1) is 22.9 Å². The van der Waals surface area contributed by atoms with E-state index in [9.17, 15) is 14.0 Å². The molecule has 6 nitrogen and oxygen atoms in total. The first-order chi connectivity index (χ1) is 14.0. The summed E-state index contributed by atoms with van der Waals surface area (Å²) >= 11 is 1.51. The fourth-order valence-corrected chi connectivity index (χ4v) is 3.98. The van der Waals surface area contributed by atoms with Gasteiger partial charge in [-0.15, -0.1) is 11.3 Å². The monoisotopic (exact) mass is 411 g/mol. The fraction of sp³-hybridized carbons (Fsp3) is 0.190. The molecule has 4 rings (SSSR count). The van der Waals surface area contributed by atoms with E-state index >= 15 is 0 Å². The molecule has 0 bridgehead atoms. The minimum atomic E-state index is -0.562. The van der Waals surface area contributed by atoms with E-state index in [1.165, 1.54) is 46.7 Å². The van der Waals surface area contributed by atoms with E-state index < -0.39 is 23.7 Å². The molecule has 2 amide bonds. The van der Waals surface area contributed by atoms with Crippen LogP contribution in [0.3, 0.4) is 0 Å². The van der Waals surface area contributed by atoms with Crippen molar-refractivity contribution in [1.82, 2.24) is 9.91 Å². The third kappa shape index (κ3) is 3.84. The van der Waals surface area contributed by atoms with Gasteiger partial charge < -0.3 is 9.32 Å². The fourth-order valence-electron chi connectivity index (χ4n) is 3.25. The van der Waals surface area contributed by atoms with Crippen molar-refractivity contribution in [1.29, 1.82) is 0 Å². The van der Waals surface area contributed by atoms with E-state index in [1.807, 2.05) is 17.5 Å². The molecule has 1 aromatic carbocycles. The molecule has 3 heterocycles. The number of nitrogens with zero attached hydrogens (tertiary/aromatic N) is 3. The van der Waals surface area contributed by atoms with E-state index in [2.05, 4.69) is 5.10 Å². The molecule has 0 unspecified atom stereocenters. The third-order valence-electron chi connectivity index (χ3n) is 4.69. The van der Waals surface area contributed by atoms with Crippen LogP contribution in [0.5, 0.6) is 0 Å². The summed E-state index contributed by atoms with van der Waals surface area (Å²) in [5.41, 5.74) is 1.12. The van der Waals surface area contributed by atoms with Crippen molar-refractivity contribution in [3.8, 4) is 0 Å². The molecule has 29 heavy (non-hydrogen) atoms. The Hall–Kier alpha value is -3.26. The Morgan fingerprint density at radius 1 is 1.24 bits per heavy atom. The van der Waals surface area contributed by atoms with E-state index in [-0.39, 0.29) is 12.3 Å². The van der Waals surface area contributed by atoms with Crippen molar-refractivity contribution < 1.29 is 18.4 Å². The SMILES string of the molecule is CN(CC(=O)N1N=C(c2cccs2)C[C@H]1c1ccccc1F)C(=O)c1ccco1. The zero-order chi connectivity index (χ0) is 20.4. The van der Waals surface area contributed by atoms with Crippen molar-refractivity contribution in [3.63, 3.8) is 0 Å². The summed E-state index contributed by atoms with van der Waals surface area (Å²) in [6.07, 6.45) is 1.80. The highest BCUT2D eigenvalue weighted by Crippen LogP contribution is 2.35. The zero-order valence-electron chi connectivity index (χ0n) is 15.6. The van der Waals surface area contributed by atoms with Gasteiger partial charge in [0.25, 0.3) is 11.8 Å². The summed E-state index contributed by atoms with van der Waals surface area (Å²) in [4.78, 5) is 27.6. The maximum atomic E-state index is 14.5. The van der Waals surface area contributed by atoms with Gasteiger partial charge in [0.15, 0.2) is 5.76 Å². The smallest absolute Gasteiger partial charge is 0.289 e. The molecule has 1 aliphatic rings. The average Bonchev–Trinajstić information content (AvgIpc) is 3.48. The number of amides is 2. The summed E-state index contributed by atoms with van der Waals surface area (Å²) in [6.45, 7) is -0.203. The number of thiophene rings is 1. The number of hydrazone groups is 1. The number of likely N-dealkylation sites (N-methyl/N-ethyl adjacent to an activating group) is 1. The lowest BCUT2D eigenvalue weighted by molar-refractivity contribution is -0.133. The van der Waals surface area contributed by atoms with Crippen molar-refractivity contribution >= 4 is 28.9 Å². The molecule has 0 fully saturated rings. The molecule has 8 heteroatoms. The van der Waals surface area contributed by atoms with Crippen LogP contribution in [0, 0.1) is 5.82 Å². The molecule has 0 saturated carbocycles. The molecular formula is C21H18FN3O3S.